The SMILES string of the molecule is C1Cn2c(nnc2COCC2CC2)CN1.O=C(O)C(F)(F)F. The minimum absolute atomic E-state index is 0.615. The number of aliphatic carboxylic acids is 1. The summed E-state index contributed by atoms with van der Waals surface area (Å²) in [4.78, 5) is 8.90. The minimum Gasteiger partial charge on any atom is -0.475 e. The van der Waals surface area contributed by atoms with Gasteiger partial charge in [-0.2, -0.15) is 13.2 Å². The van der Waals surface area contributed by atoms with Crippen molar-refractivity contribution in [1.29, 1.82) is 0 Å². The molecule has 0 aromatic carbocycles. The van der Waals surface area contributed by atoms with Gasteiger partial charge in [-0.3, -0.25) is 0 Å². The molecule has 0 amide bonds. The molecule has 0 unspecified atom stereocenters. The lowest BCUT2D eigenvalue weighted by Crippen LogP contribution is -2.29. The van der Waals surface area contributed by atoms with Crippen molar-refractivity contribution in [2.24, 2.45) is 5.92 Å². The first-order chi connectivity index (χ1) is 10.4. The Bertz CT molecular complexity index is 514. The largest absolute Gasteiger partial charge is 0.490 e. The number of nitrogens with zero attached hydrogens (tertiary/aromatic N) is 3. The summed E-state index contributed by atoms with van der Waals surface area (Å²) in [6.07, 6.45) is -2.41. The lowest BCUT2D eigenvalue weighted by atomic mass is 10.4. The molecule has 1 aliphatic heterocycles. The van der Waals surface area contributed by atoms with Crippen molar-refractivity contribution >= 4 is 5.97 Å². The number of carboxylic acid groups (broad SMARTS) is 1. The zero-order chi connectivity index (χ0) is 16.2. The number of ether oxygens (including phenoxy) is 1. The summed E-state index contributed by atoms with van der Waals surface area (Å²) in [7, 11) is 0. The zero-order valence-electron chi connectivity index (χ0n) is 11.8. The van der Waals surface area contributed by atoms with Crippen molar-refractivity contribution in [3.63, 3.8) is 0 Å². The number of carboxylic acids is 1. The van der Waals surface area contributed by atoms with Crippen LogP contribution < -0.4 is 5.32 Å². The number of halogens is 3. The van der Waals surface area contributed by atoms with E-state index in [4.69, 9.17) is 14.6 Å². The van der Waals surface area contributed by atoms with Crippen LogP contribution in [-0.2, 0) is 29.2 Å². The number of rotatable bonds is 4. The van der Waals surface area contributed by atoms with E-state index in [9.17, 15) is 13.2 Å². The van der Waals surface area contributed by atoms with Crippen LogP contribution >= 0.6 is 0 Å². The highest BCUT2D eigenvalue weighted by Gasteiger charge is 2.38. The molecule has 124 valence electrons. The average molecular weight is 322 g/mol. The van der Waals surface area contributed by atoms with Crippen LogP contribution in [0.1, 0.15) is 24.5 Å². The Morgan fingerprint density at radius 3 is 2.68 bits per heavy atom. The predicted octanol–water partition coefficient (Wildman–Crippen LogP) is 0.941. The van der Waals surface area contributed by atoms with E-state index >= 15 is 0 Å². The molecule has 2 heterocycles. The van der Waals surface area contributed by atoms with Crippen molar-refractivity contribution in [3.8, 4) is 0 Å². The number of carbonyl (C=O) groups is 1. The quantitative estimate of drug-likeness (QED) is 0.858. The molecule has 10 heteroatoms. The van der Waals surface area contributed by atoms with Crippen LogP contribution in [0, 0.1) is 5.92 Å². The van der Waals surface area contributed by atoms with Crippen LogP contribution in [0.25, 0.3) is 0 Å². The molecule has 7 nitrogen and oxygen atoms in total. The minimum atomic E-state index is -5.08. The number of hydrogen-bond acceptors (Lipinski definition) is 5. The van der Waals surface area contributed by atoms with E-state index in [0.717, 1.165) is 43.8 Å². The zero-order valence-corrected chi connectivity index (χ0v) is 11.8. The van der Waals surface area contributed by atoms with Crippen molar-refractivity contribution in [3.05, 3.63) is 11.6 Å². The molecule has 1 aromatic rings. The number of alkyl halides is 3. The van der Waals surface area contributed by atoms with Gasteiger partial charge in [0.25, 0.3) is 0 Å². The molecule has 1 aliphatic carbocycles. The second-order valence-corrected chi connectivity index (χ2v) is 5.12. The monoisotopic (exact) mass is 322 g/mol. The molecule has 3 rings (SSSR count). The van der Waals surface area contributed by atoms with Gasteiger partial charge in [0.1, 0.15) is 12.4 Å². The topological polar surface area (TPSA) is 89.3 Å². The van der Waals surface area contributed by atoms with E-state index in [1.165, 1.54) is 12.8 Å². The number of nitrogens with one attached hydrogen (secondary N) is 1. The summed E-state index contributed by atoms with van der Waals surface area (Å²) >= 11 is 0. The van der Waals surface area contributed by atoms with E-state index in [2.05, 4.69) is 20.1 Å². The molecule has 0 spiro atoms. The number of fused-ring (bicyclic) bond motifs is 1. The van der Waals surface area contributed by atoms with Gasteiger partial charge in [0.2, 0.25) is 0 Å². The smallest absolute Gasteiger partial charge is 0.475 e. The second kappa shape index (κ2) is 7.05. The predicted molar refractivity (Wildman–Crippen MR) is 67.8 cm³/mol. The summed E-state index contributed by atoms with van der Waals surface area (Å²) in [5.41, 5.74) is 0. The highest BCUT2D eigenvalue weighted by molar-refractivity contribution is 5.73. The summed E-state index contributed by atoms with van der Waals surface area (Å²) in [6.45, 7) is 4.30. The molecular formula is C12H17F3N4O3. The molecule has 22 heavy (non-hydrogen) atoms. The second-order valence-electron chi connectivity index (χ2n) is 5.12. The van der Waals surface area contributed by atoms with E-state index in [-0.39, 0.29) is 0 Å². The van der Waals surface area contributed by atoms with Crippen molar-refractivity contribution in [2.45, 2.75) is 38.7 Å². The van der Waals surface area contributed by atoms with Gasteiger partial charge < -0.3 is 19.7 Å². The third-order valence-corrected chi connectivity index (χ3v) is 3.22. The first-order valence-corrected chi connectivity index (χ1v) is 6.87. The van der Waals surface area contributed by atoms with Gasteiger partial charge in [-0.1, -0.05) is 0 Å². The van der Waals surface area contributed by atoms with Crippen LogP contribution in [0.15, 0.2) is 0 Å². The average Bonchev–Trinajstić information content (AvgIpc) is 3.19. The lowest BCUT2D eigenvalue weighted by molar-refractivity contribution is -0.192. The lowest BCUT2D eigenvalue weighted by Gasteiger charge is -2.15. The Morgan fingerprint density at radius 1 is 1.41 bits per heavy atom. The number of aromatic nitrogens is 3. The van der Waals surface area contributed by atoms with Crippen molar-refractivity contribution < 1.29 is 27.8 Å². The maximum Gasteiger partial charge on any atom is 0.490 e. The maximum absolute atomic E-state index is 10.6. The summed E-state index contributed by atoms with van der Waals surface area (Å²) in [6, 6.07) is 0. The normalized spacial score (nSPS) is 17.4. The Hall–Kier alpha value is -1.68. The summed E-state index contributed by atoms with van der Waals surface area (Å²) < 4.78 is 39.5. The molecule has 1 fully saturated rings. The Morgan fingerprint density at radius 2 is 2.09 bits per heavy atom. The fourth-order valence-electron chi connectivity index (χ4n) is 1.86. The van der Waals surface area contributed by atoms with Crippen LogP contribution in [0.4, 0.5) is 13.2 Å². The van der Waals surface area contributed by atoms with E-state index < -0.39 is 12.1 Å². The molecule has 0 atom stereocenters. The molecule has 2 aliphatic rings. The third-order valence-electron chi connectivity index (χ3n) is 3.22. The Labute approximate surface area is 124 Å². The maximum atomic E-state index is 10.6. The first-order valence-electron chi connectivity index (χ1n) is 6.87. The standard InChI is InChI=1S/C10H16N4O.C2HF3O2/c1-2-8(1)6-15-7-10-13-12-9-5-11-3-4-14(9)10;3-2(4,5)1(6)7/h8,11H,1-7H2;(H,6,7). The summed E-state index contributed by atoms with van der Waals surface area (Å²) in [5.74, 6) is 0.0707. The van der Waals surface area contributed by atoms with Crippen molar-refractivity contribution in [1.82, 2.24) is 20.1 Å². The van der Waals surface area contributed by atoms with E-state index in [1.54, 1.807) is 0 Å². The molecule has 0 saturated heterocycles. The fourth-order valence-corrected chi connectivity index (χ4v) is 1.86. The van der Waals surface area contributed by atoms with Crippen LogP contribution in [0.5, 0.6) is 0 Å². The fraction of sp³-hybridized carbons (Fsp3) is 0.750. The van der Waals surface area contributed by atoms with Gasteiger partial charge in [0.05, 0.1) is 6.54 Å². The van der Waals surface area contributed by atoms with E-state index in [0.29, 0.717) is 6.61 Å². The van der Waals surface area contributed by atoms with Crippen LogP contribution in [0.2, 0.25) is 0 Å². The third kappa shape index (κ3) is 4.95. The summed E-state index contributed by atoms with van der Waals surface area (Å²) in [5, 5.41) is 18.7. The highest BCUT2D eigenvalue weighted by Crippen LogP contribution is 2.29. The Balaban J connectivity index is 0.000000217. The van der Waals surface area contributed by atoms with Crippen LogP contribution in [-0.4, -0.2) is 45.2 Å². The first kappa shape index (κ1) is 16.7. The molecule has 1 aromatic heterocycles. The van der Waals surface area contributed by atoms with Gasteiger partial charge in [0.15, 0.2) is 5.82 Å². The van der Waals surface area contributed by atoms with Gasteiger partial charge in [-0.05, 0) is 18.8 Å². The molecule has 1 saturated carbocycles. The van der Waals surface area contributed by atoms with Crippen LogP contribution in [0.3, 0.4) is 0 Å². The van der Waals surface area contributed by atoms with Gasteiger partial charge in [-0.25, -0.2) is 4.79 Å². The highest BCUT2D eigenvalue weighted by atomic mass is 19.4. The van der Waals surface area contributed by atoms with Crippen molar-refractivity contribution in [2.75, 3.05) is 13.2 Å². The number of hydrogen-bond donors (Lipinski definition) is 2. The van der Waals surface area contributed by atoms with Gasteiger partial charge in [-0.15, -0.1) is 10.2 Å². The molecule has 0 radical (unpaired) electrons. The van der Waals surface area contributed by atoms with Gasteiger partial charge in [0, 0.05) is 19.7 Å². The van der Waals surface area contributed by atoms with Gasteiger partial charge >= 0.3 is 12.1 Å². The Kier molecular flexibility index (Phi) is 5.35. The molecular weight excluding hydrogens is 305 g/mol. The molecule has 2 N–H and O–H groups in total. The van der Waals surface area contributed by atoms with E-state index in [1.807, 2.05) is 0 Å². The molecule has 0 bridgehead atoms.